The average Bonchev–Trinajstić information content (AvgIpc) is 2.66. The van der Waals surface area contributed by atoms with E-state index in [1.54, 1.807) is 4.90 Å². The Morgan fingerprint density at radius 3 is 2.53 bits per heavy atom. The molecule has 0 saturated heterocycles. The molecule has 1 aromatic heterocycles. The first-order chi connectivity index (χ1) is 8.08. The van der Waals surface area contributed by atoms with E-state index in [-0.39, 0.29) is 5.91 Å². The average molecular weight is 257 g/mol. The third kappa shape index (κ3) is 3.94. The number of aromatic nitrogens is 2. The fourth-order valence-electron chi connectivity index (χ4n) is 1.54. The molecule has 0 unspecified atom stereocenters. The second kappa shape index (κ2) is 6.51. The Bertz CT molecular complexity index is 363. The van der Waals surface area contributed by atoms with E-state index in [2.05, 4.69) is 9.59 Å². The molecule has 1 rings (SSSR count). The van der Waals surface area contributed by atoms with Crippen LogP contribution in [0.3, 0.4) is 0 Å². The summed E-state index contributed by atoms with van der Waals surface area (Å²) in [6.07, 6.45) is 0. The lowest BCUT2D eigenvalue weighted by Crippen LogP contribution is -2.38. The van der Waals surface area contributed by atoms with Gasteiger partial charge in [-0.15, -0.1) is 5.10 Å². The third-order valence-electron chi connectivity index (χ3n) is 2.53. The number of carbonyl (C=O) groups is 1. The maximum atomic E-state index is 11.8. The number of likely N-dealkylation sites (N-methyl/N-ethyl adjacent to an activating group) is 2. The van der Waals surface area contributed by atoms with Gasteiger partial charge in [-0.05, 0) is 20.9 Å². The molecule has 0 aliphatic rings. The highest BCUT2D eigenvalue weighted by atomic mass is 32.1. The van der Waals surface area contributed by atoms with E-state index in [1.165, 1.54) is 11.5 Å². The number of anilines is 1. The molecule has 1 aromatic rings. The highest BCUT2D eigenvalue weighted by Gasteiger charge is 2.14. The zero-order valence-electron chi connectivity index (χ0n) is 10.5. The number of amides is 1. The number of rotatable bonds is 6. The van der Waals surface area contributed by atoms with Crippen molar-refractivity contribution >= 4 is 22.4 Å². The van der Waals surface area contributed by atoms with Gasteiger partial charge in [-0.1, -0.05) is 4.49 Å². The molecule has 0 aliphatic heterocycles. The van der Waals surface area contributed by atoms with Gasteiger partial charge >= 0.3 is 0 Å². The monoisotopic (exact) mass is 257 g/mol. The molecular formula is C10H19N5OS. The van der Waals surface area contributed by atoms with Gasteiger partial charge in [0.1, 0.15) is 10.7 Å². The predicted octanol–water partition coefficient (Wildman–Crippen LogP) is 0.420. The van der Waals surface area contributed by atoms with Gasteiger partial charge in [0.15, 0.2) is 0 Å². The fourth-order valence-corrected chi connectivity index (χ4v) is 1.98. The van der Waals surface area contributed by atoms with Crippen LogP contribution in [-0.2, 0) is 11.3 Å². The maximum absolute atomic E-state index is 11.8. The fraction of sp³-hybridized carbons (Fsp3) is 0.700. The topological polar surface area (TPSA) is 75.4 Å². The van der Waals surface area contributed by atoms with Crippen molar-refractivity contribution in [2.24, 2.45) is 0 Å². The molecule has 17 heavy (non-hydrogen) atoms. The molecule has 0 atom stereocenters. The largest absolute Gasteiger partial charge is 0.388 e. The van der Waals surface area contributed by atoms with Crippen LogP contribution in [0.15, 0.2) is 0 Å². The Morgan fingerprint density at radius 1 is 1.41 bits per heavy atom. The minimum absolute atomic E-state index is 0.124. The van der Waals surface area contributed by atoms with Crippen LogP contribution in [0, 0.1) is 0 Å². The van der Waals surface area contributed by atoms with E-state index in [4.69, 9.17) is 5.73 Å². The molecule has 1 amide bonds. The van der Waals surface area contributed by atoms with Crippen LogP contribution in [0.4, 0.5) is 5.00 Å². The standard InChI is InChI=1S/C10H19N5OS/c1-4-15(5-2)9(16)7-14(3)6-8-10(11)17-13-12-8/h4-7,11H2,1-3H3. The molecule has 96 valence electrons. The van der Waals surface area contributed by atoms with Crippen molar-refractivity contribution in [3.63, 3.8) is 0 Å². The van der Waals surface area contributed by atoms with Crippen molar-refractivity contribution in [3.05, 3.63) is 5.69 Å². The van der Waals surface area contributed by atoms with Gasteiger partial charge in [0.2, 0.25) is 5.91 Å². The van der Waals surface area contributed by atoms with Crippen molar-refractivity contribution in [1.29, 1.82) is 0 Å². The summed E-state index contributed by atoms with van der Waals surface area (Å²) < 4.78 is 3.77. The maximum Gasteiger partial charge on any atom is 0.236 e. The summed E-state index contributed by atoms with van der Waals surface area (Å²) in [5.41, 5.74) is 6.44. The van der Waals surface area contributed by atoms with Crippen LogP contribution < -0.4 is 5.73 Å². The number of nitrogens with zero attached hydrogens (tertiary/aromatic N) is 4. The van der Waals surface area contributed by atoms with Crippen molar-refractivity contribution in [3.8, 4) is 0 Å². The van der Waals surface area contributed by atoms with Crippen molar-refractivity contribution in [2.45, 2.75) is 20.4 Å². The molecular weight excluding hydrogens is 238 g/mol. The lowest BCUT2D eigenvalue weighted by atomic mass is 10.4. The van der Waals surface area contributed by atoms with Gasteiger partial charge in [0.25, 0.3) is 0 Å². The van der Waals surface area contributed by atoms with Gasteiger partial charge < -0.3 is 10.6 Å². The van der Waals surface area contributed by atoms with Crippen LogP contribution in [-0.4, -0.2) is 52.0 Å². The van der Waals surface area contributed by atoms with Crippen LogP contribution in [0.5, 0.6) is 0 Å². The smallest absolute Gasteiger partial charge is 0.236 e. The highest BCUT2D eigenvalue weighted by molar-refractivity contribution is 7.09. The van der Waals surface area contributed by atoms with E-state index < -0.39 is 0 Å². The summed E-state index contributed by atoms with van der Waals surface area (Å²) in [5, 5.41) is 4.54. The second-order valence-electron chi connectivity index (χ2n) is 3.82. The summed E-state index contributed by atoms with van der Waals surface area (Å²) in [7, 11) is 1.88. The molecule has 0 radical (unpaired) electrons. The molecule has 0 bridgehead atoms. The molecule has 0 aliphatic carbocycles. The van der Waals surface area contributed by atoms with Gasteiger partial charge in [-0.25, -0.2) is 0 Å². The minimum Gasteiger partial charge on any atom is -0.388 e. The lowest BCUT2D eigenvalue weighted by Gasteiger charge is -2.22. The Labute approximate surface area is 106 Å². The summed E-state index contributed by atoms with van der Waals surface area (Å²) >= 11 is 1.18. The Balaban J connectivity index is 2.47. The normalized spacial score (nSPS) is 10.8. The molecule has 7 heteroatoms. The number of hydrogen-bond donors (Lipinski definition) is 1. The first-order valence-electron chi connectivity index (χ1n) is 5.61. The Kier molecular flexibility index (Phi) is 5.30. The minimum atomic E-state index is 0.124. The van der Waals surface area contributed by atoms with E-state index in [0.717, 1.165) is 18.8 Å². The zero-order valence-corrected chi connectivity index (χ0v) is 11.3. The van der Waals surface area contributed by atoms with Crippen molar-refractivity contribution in [2.75, 3.05) is 32.4 Å². The summed E-state index contributed by atoms with van der Waals surface area (Å²) in [6.45, 7) is 6.36. The third-order valence-corrected chi connectivity index (χ3v) is 3.12. The van der Waals surface area contributed by atoms with E-state index in [0.29, 0.717) is 18.1 Å². The van der Waals surface area contributed by atoms with E-state index >= 15 is 0 Å². The van der Waals surface area contributed by atoms with Gasteiger partial charge in [0, 0.05) is 31.2 Å². The van der Waals surface area contributed by atoms with E-state index in [1.807, 2.05) is 25.8 Å². The Hall–Kier alpha value is -1.21. The number of nitrogens with two attached hydrogens (primary N) is 1. The molecule has 2 N–H and O–H groups in total. The highest BCUT2D eigenvalue weighted by Crippen LogP contribution is 2.13. The second-order valence-corrected chi connectivity index (χ2v) is 4.61. The summed E-state index contributed by atoms with van der Waals surface area (Å²) in [6, 6.07) is 0. The van der Waals surface area contributed by atoms with Crippen LogP contribution >= 0.6 is 11.5 Å². The predicted molar refractivity (Wildman–Crippen MR) is 68.6 cm³/mol. The van der Waals surface area contributed by atoms with Crippen LogP contribution in [0.1, 0.15) is 19.5 Å². The summed E-state index contributed by atoms with van der Waals surface area (Å²) in [4.78, 5) is 15.6. The molecule has 0 spiro atoms. The number of nitrogen functional groups attached to an aromatic ring is 1. The summed E-state index contributed by atoms with van der Waals surface area (Å²) in [5.74, 6) is 0.124. The zero-order chi connectivity index (χ0) is 12.8. The SMILES string of the molecule is CCN(CC)C(=O)CN(C)Cc1nnsc1N. The van der Waals surface area contributed by atoms with Crippen LogP contribution in [0.2, 0.25) is 0 Å². The van der Waals surface area contributed by atoms with Gasteiger partial charge in [-0.3, -0.25) is 9.69 Å². The number of carbonyl (C=O) groups excluding carboxylic acids is 1. The van der Waals surface area contributed by atoms with Gasteiger partial charge in [-0.2, -0.15) is 0 Å². The molecule has 1 heterocycles. The first kappa shape index (κ1) is 13.9. The number of hydrogen-bond acceptors (Lipinski definition) is 6. The van der Waals surface area contributed by atoms with Crippen LogP contribution in [0.25, 0.3) is 0 Å². The first-order valence-corrected chi connectivity index (χ1v) is 6.38. The molecule has 0 saturated carbocycles. The van der Waals surface area contributed by atoms with Crippen molar-refractivity contribution in [1.82, 2.24) is 19.4 Å². The lowest BCUT2D eigenvalue weighted by molar-refractivity contribution is -0.131. The quantitative estimate of drug-likeness (QED) is 0.799. The van der Waals surface area contributed by atoms with Gasteiger partial charge in [0.05, 0.1) is 6.54 Å². The van der Waals surface area contributed by atoms with Crippen molar-refractivity contribution < 1.29 is 4.79 Å². The molecule has 0 aromatic carbocycles. The molecule has 6 nitrogen and oxygen atoms in total. The Morgan fingerprint density at radius 2 is 2.06 bits per heavy atom. The van der Waals surface area contributed by atoms with E-state index in [9.17, 15) is 4.79 Å². The molecule has 0 fully saturated rings.